The molecule has 0 aliphatic rings. The highest BCUT2D eigenvalue weighted by Gasteiger charge is 2.14. The fourth-order valence-electron chi connectivity index (χ4n) is 1.52. The van der Waals surface area contributed by atoms with Gasteiger partial charge in [-0.3, -0.25) is 0 Å². The van der Waals surface area contributed by atoms with E-state index in [9.17, 15) is 4.79 Å². The lowest BCUT2D eigenvalue weighted by atomic mass is 10.4. The van der Waals surface area contributed by atoms with Crippen molar-refractivity contribution >= 4 is 29.1 Å². The molecule has 7 heteroatoms. The molecule has 2 aromatic heterocycles. The minimum atomic E-state index is -0.907. The summed E-state index contributed by atoms with van der Waals surface area (Å²) in [7, 11) is 0. The zero-order valence-corrected chi connectivity index (χ0v) is 11.7. The highest BCUT2D eigenvalue weighted by atomic mass is 32.2. The fourth-order valence-corrected chi connectivity index (χ4v) is 3.53. The molecule has 0 aliphatic heterocycles. The number of carboxylic acid groups (broad SMARTS) is 1. The molecule has 0 saturated heterocycles. The molecule has 1 N–H and O–H groups in total. The minimum Gasteiger partial charge on any atom is -0.477 e. The molecule has 0 amide bonds. The van der Waals surface area contributed by atoms with Crippen molar-refractivity contribution < 1.29 is 9.90 Å². The number of aryl methyl sites for hydroxylation is 2. The van der Waals surface area contributed by atoms with Gasteiger partial charge >= 0.3 is 5.97 Å². The first-order valence-corrected chi connectivity index (χ1v) is 7.24. The van der Waals surface area contributed by atoms with E-state index in [2.05, 4.69) is 21.5 Å². The summed E-state index contributed by atoms with van der Waals surface area (Å²) in [4.78, 5) is 19.6. The van der Waals surface area contributed by atoms with Gasteiger partial charge in [-0.05, 0) is 13.8 Å². The summed E-state index contributed by atoms with van der Waals surface area (Å²) in [6.45, 7) is 4.67. The van der Waals surface area contributed by atoms with Crippen LogP contribution in [0.2, 0.25) is 0 Å². The van der Waals surface area contributed by atoms with Crippen LogP contribution in [-0.4, -0.2) is 25.6 Å². The van der Waals surface area contributed by atoms with Crippen molar-refractivity contribution in [1.29, 1.82) is 0 Å². The van der Waals surface area contributed by atoms with Gasteiger partial charge in [0, 0.05) is 24.2 Å². The van der Waals surface area contributed by atoms with Crippen molar-refractivity contribution in [2.45, 2.75) is 30.5 Å². The lowest BCUT2D eigenvalue weighted by molar-refractivity contribution is 0.0701. The third-order valence-corrected chi connectivity index (χ3v) is 4.78. The Hall–Kier alpha value is -1.34. The average Bonchev–Trinajstić information content (AvgIpc) is 2.92. The van der Waals surface area contributed by atoms with E-state index < -0.39 is 5.97 Å². The van der Waals surface area contributed by atoms with E-state index in [1.54, 1.807) is 25.0 Å². The second-order valence-electron chi connectivity index (χ2n) is 3.66. The Morgan fingerprint density at radius 1 is 1.61 bits per heavy atom. The highest BCUT2D eigenvalue weighted by molar-refractivity contribution is 8.00. The fraction of sp³-hybridized carbons (Fsp3) is 0.364. The highest BCUT2D eigenvalue weighted by Crippen LogP contribution is 2.29. The molecule has 96 valence electrons. The van der Waals surface area contributed by atoms with E-state index in [0.29, 0.717) is 10.6 Å². The summed E-state index contributed by atoms with van der Waals surface area (Å²) >= 11 is 2.77. The molecular formula is C11H13N3O2S2. The van der Waals surface area contributed by atoms with Gasteiger partial charge in [0.15, 0.2) is 4.34 Å². The average molecular weight is 283 g/mol. The minimum absolute atomic E-state index is 0.321. The topological polar surface area (TPSA) is 68.0 Å². The van der Waals surface area contributed by atoms with Gasteiger partial charge < -0.3 is 9.67 Å². The van der Waals surface area contributed by atoms with E-state index in [1.165, 1.54) is 11.3 Å². The number of imidazole rings is 1. The summed E-state index contributed by atoms with van der Waals surface area (Å²) in [6.07, 6.45) is 3.63. The first kappa shape index (κ1) is 13.1. The normalized spacial score (nSPS) is 10.8. The van der Waals surface area contributed by atoms with Gasteiger partial charge in [-0.1, -0.05) is 11.8 Å². The number of hydrogen-bond acceptors (Lipinski definition) is 5. The Kier molecular flexibility index (Phi) is 4.03. The first-order valence-electron chi connectivity index (χ1n) is 5.44. The Labute approximate surface area is 113 Å². The molecule has 2 heterocycles. The lowest BCUT2D eigenvalue weighted by Gasteiger charge is -2.02. The second kappa shape index (κ2) is 5.53. The molecule has 0 aliphatic carbocycles. The van der Waals surface area contributed by atoms with Gasteiger partial charge in [0.05, 0.1) is 12.0 Å². The standard InChI is InChI=1S/C11H13N3O2S2/c1-3-14-6-12-4-8(14)5-17-11-13-7(2)9(18-11)10(15)16/h4,6H,3,5H2,1-2H3,(H,15,16). The third-order valence-electron chi connectivity index (χ3n) is 2.45. The van der Waals surface area contributed by atoms with Gasteiger partial charge in [-0.25, -0.2) is 14.8 Å². The van der Waals surface area contributed by atoms with Gasteiger partial charge in [-0.15, -0.1) is 11.3 Å². The van der Waals surface area contributed by atoms with Crippen molar-refractivity contribution in [2.75, 3.05) is 0 Å². The van der Waals surface area contributed by atoms with Crippen molar-refractivity contribution in [3.8, 4) is 0 Å². The Balaban J connectivity index is 2.07. The maximum atomic E-state index is 10.9. The molecule has 5 nitrogen and oxygen atoms in total. The Bertz CT molecular complexity index is 562. The van der Waals surface area contributed by atoms with Crippen molar-refractivity contribution in [3.05, 3.63) is 28.8 Å². The molecule has 0 aromatic carbocycles. The number of aromatic carboxylic acids is 1. The molecule has 0 bridgehead atoms. The smallest absolute Gasteiger partial charge is 0.347 e. The number of aromatic nitrogens is 3. The van der Waals surface area contributed by atoms with E-state index in [-0.39, 0.29) is 0 Å². The largest absolute Gasteiger partial charge is 0.477 e. The molecule has 2 aromatic rings. The molecule has 0 radical (unpaired) electrons. The summed E-state index contributed by atoms with van der Waals surface area (Å²) in [5.74, 6) is -0.157. The van der Waals surface area contributed by atoms with Crippen molar-refractivity contribution in [3.63, 3.8) is 0 Å². The molecule has 0 atom stereocenters. The number of rotatable bonds is 5. The van der Waals surface area contributed by atoms with Crippen LogP contribution in [0.4, 0.5) is 0 Å². The van der Waals surface area contributed by atoms with Crippen LogP contribution in [0.15, 0.2) is 16.9 Å². The van der Waals surface area contributed by atoms with Crippen LogP contribution >= 0.6 is 23.1 Å². The molecule has 0 unspecified atom stereocenters. The van der Waals surface area contributed by atoms with Crippen LogP contribution < -0.4 is 0 Å². The maximum absolute atomic E-state index is 10.9. The van der Waals surface area contributed by atoms with E-state index >= 15 is 0 Å². The van der Waals surface area contributed by atoms with Crippen molar-refractivity contribution in [1.82, 2.24) is 14.5 Å². The van der Waals surface area contributed by atoms with E-state index in [0.717, 1.165) is 22.3 Å². The van der Waals surface area contributed by atoms with E-state index in [4.69, 9.17) is 5.11 Å². The quantitative estimate of drug-likeness (QED) is 0.854. The number of carbonyl (C=O) groups is 1. The third kappa shape index (κ3) is 2.73. The molecule has 0 fully saturated rings. The van der Waals surface area contributed by atoms with Crippen LogP contribution in [-0.2, 0) is 12.3 Å². The summed E-state index contributed by atoms with van der Waals surface area (Å²) in [5.41, 5.74) is 1.70. The molecule has 0 spiro atoms. The van der Waals surface area contributed by atoms with Gasteiger partial charge in [0.1, 0.15) is 4.88 Å². The van der Waals surface area contributed by atoms with Crippen LogP contribution in [0.1, 0.15) is 28.0 Å². The monoisotopic (exact) mass is 283 g/mol. The number of thiazole rings is 1. The predicted octanol–water partition coefficient (Wildman–Crippen LogP) is 2.66. The van der Waals surface area contributed by atoms with Crippen LogP contribution in [0.5, 0.6) is 0 Å². The molecule has 18 heavy (non-hydrogen) atoms. The van der Waals surface area contributed by atoms with E-state index in [1.807, 2.05) is 6.20 Å². The Morgan fingerprint density at radius 3 is 3.00 bits per heavy atom. The predicted molar refractivity (Wildman–Crippen MR) is 71.3 cm³/mol. The van der Waals surface area contributed by atoms with Crippen molar-refractivity contribution in [2.24, 2.45) is 0 Å². The Morgan fingerprint density at radius 2 is 2.39 bits per heavy atom. The summed E-state index contributed by atoms with van der Waals surface area (Å²) in [5, 5.41) is 8.96. The SMILES string of the molecule is CCn1cncc1CSc1nc(C)c(C(=O)O)s1. The first-order chi connectivity index (χ1) is 8.61. The van der Waals surface area contributed by atoms with Crippen LogP contribution in [0.25, 0.3) is 0 Å². The van der Waals surface area contributed by atoms with Crippen LogP contribution in [0.3, 0.4) is 0 Å². The number of nitrogens with zero attached hydrogens (tertiary/aromatic N) is 3. The van der Waals surface area contributed by atoms with Gasteiger partial charge in [0.2, 0.25) is 0 Å². The summed E-state index contributed by atoms with van der Waals surface area (Å²) in [6, 6.07) is 0. The van der Waals surface area contributed by atoms with Crippen LogP contribution in [0, 0.1) is 6.92 Å². The van der Waals surface area contributed by atoms with Gasteiger partial charge in [0.25, 0.3) is 0 Å². The number of thioether (sulfide) groups is 1. The second-order valence-corrected chi connectivity index (χ2v) is 5.88. The zero-order chi connectivity index (χ0) is 13.1. The maximum Gasteiger partial charge on any atom is 0.347 e. The summed E-state index contributed by atoms with van der Waals surface area (Å²) < 4.78 is 2.85. The number of carboxylic acids is 1. The molecule has 0 saturated carbocycles. The lowest BCUT2D eigenvalue weighted by Crippen LogP contribution is -1.96. The molecule has 2 rings (SSSR count). The molecular weight excluding hydrogens is 270 g/mol. The van der Waals surface area contributed by atoms with Gasteiger partial charge in [-0.2, -0.15) is 0 Å². The zero-order valence-electron chi connectivity index (χ0n) is 10.1. The number of hydrogen-bond donors (Lipinski definition) is 1.